The molecule has 0 saturated carbocycles. The van der Waals surface area contributed by atoms with E-state index in [0.717, 1.165) is 16.7 Å². The van der Waals surface area contributed by atoms with Crippen molar-refractivity contribution in [1.29, 1.82) is 0 Å². The summed E-state index contributed by atoms with van der Waals surface area (Å²) in [6, 6.07) is 13.8. The fourth-order valence-electron chi connectivity index (χ4n) is 1.90. The Morgan fingerprint density at radius 2 is 1.90 bits per heavy atom. The lowest BCUT2D eigenvalue weighted by Crippen LogP contribution is -2.05. The zero-order valence-corrected chi connectivity index (χ0v) is 13.7. The summed E-state index contributed by atoms with van der Waals surface area (Å²) >= 11 is 3.48. The molecule has 0 aliphatic rings. The summed E-state index contributed by atoms with van der Waals surface area (Å²) in [4.78, 5) is 11.7. The van der Waals surface area contributed by atoms with Crippen LogP contribution in [0.1, 0.15) is 28.4 Å². The number of nitrogens with one attached hydrogen (secondary N) is 1. The molecular formula is C17H18BrNO2. The molecule has 0 unspecified atom stereocenters. The Morgan fingerprint density at radius 3 is 2.52 bits per heavy atom. The molecule has 0 bridgehead atoms. The number of aryl methyl sites for hydroxylation is 1. The number of carbonyl (C=O) groups is 1. The maximum absolute atomic E-state index is 11.7. The van der Waals surface area contributed by atoms with Crippen LogP contribution in [0.25, 0.3) is 0 Å². The van der Waals surface area contributed by atoms with E-state index >= 15 is 0 Å². The van der Waals surface area contributed by atoms with Gasteiger partial charge < -0.3 is 10.1 Å². The van der Waals surface area contributed by atoms with Gasteiger partial charge in [0.25, 0.3) is 0 Å². The van der Waals surface area contributed by atoms with Gasteiger partial charge >= 0.3 is 5.97 Å². The van der Waals surface area contributed by atoms with Crippen LogP contribution in [-0.2, 0) is 11.3 Å². The Bertz CT molecular complexity index is 623. The van der Waals surface area contributed by atoms with E-state index in [2.05, 4.69) is 52.4 Å². The van der Waals surface area contributed by atoms with Crippen molar-refractivity contribution in [1.82, 2.24) is 0 Å². The summed E-state index contributed by atoms with van der Waals surface area (Å²) < 4.78 is 5.83. The molecule has 0 radical (unpaired) electrons. The fraction of sp³-hybridized carbons (Fsp3) is 0.235. The minimum atomic E-state index is -0.303. The third-order valence-corrected chi connectivity index (χ3v) is 3.74. The number of hydrogen-bond donors (Lipinski definition) is 1. The quantitative estimate of drug-likeness (QED) is 0.806. The molecule has 0 aliphatic carbocycles. The number of rotatable bonds is 5. The lowest BCUT2D eigenvalue weighted by molar-refractivity contribution is 0.0526. The van der Waals surface area contributed by atoms with Crippen LogP contribution >= 0.6 is 15.9 Å². The third kappa shape index (κ3) is 4.33. The average molecular weight is 348 g/mol. The molecule has 2 aromatic rings. The SMILES string of the molecule is CCOC(=O)c1ccc(NCc2ccc(C)cc2)c(Br)c1. The van der Waals surface area contributed by atoms with Crippen LogP contribution in [0.3, 0.4) is 0 Å². The second-order valence-corrected chi connectivity index (χ2v) is 5.61. The van der Waals surface area contributed by atoms with Gasteiger partial charge in [-0.05, 0) is 53.5 Å². The molecule has 0 fully saturated rings. The van der Waals surface area contributed by atoms with Gasteiger partial charge in [0.2, 0.25) is 0 Å². The molecule has 21 heavy (non-hydrogen) atoms. The fourth-order valence-corrected chi connectivity index (χ4v) is 2.42. The maximum Gasteiger partial charge on any atom is 0.338 e. The lowest BCUT2D eigenvalue weighted by atomic mass is 10.1. The second-order valence-electron chi connectivity index (χ2n) is 4.75. The van der Waals surface area contributed by atoms with Gasteiger partial charge in [0.15, 0.2) is 0 Å². The number of esters is 1. The van der Waals surface area contributed by atoms with Gasteiger partial charge in [-0.3, -0.25) is 0 Å². The Kier molecular flexibility index (Phi) is 5.39. The van der Waals surface area contributed by atoms with Gasteiger partial charge in [-0.25, -0.2) is 4.79 Å². The van der Waals surface area contributed by atoms with Gasteiger partial charge in [0.05, 0.1) is 12.2 Å². The summed E-state index contributed by atoms with van der Waals surface area (Å²) in [5.74, 6) is -0.303. The van der Waals surface area contributed by atoms with Crippen LogP contribution in [0.15, 0.2) is 46.9 Å². The number of anilines is 1. The van der Waals surface area contributed by atoms with Gasteiger partial charge in [0.1, 0.15) is 0 Å². The molecule has 0 aromatic heterocycles. The maximum atomic E-state index is 11.7. The van der Waals surface area contributed by atoms with Crippen molar-refractivity contribution in [3.8, 4) is 0 Å². The van der Waals surface area contributed by atoms with E-state index in [4.69, 9.17) is 4.74 Å². The predicted molar refractivity (Wildman–Crippen MR) is 88.6 cm³/mol. The number of halogens is 1. The summed E-state index contributed by atoms with van der Waals surface area (Å²) in [6.07, 6.45) is 0. The highest BCUT2D eigenvalue weighted by molar-refractivity contribution is 9.10. The van der Waals surface area contributed by atoms with E-state index < -0.39 is 0 Å². The van der Waals surface area contributed by atoms with Crippen molar-refractivity contribution < 1.29 is 9.53 Å². The first-order valence-corrected chi connectivity index (χ1v) is 7.65. The standard InChI is InChI=1S/C17H18BrNO2/c1-3-21-17(20)14-8-9-16(15(18)10-14)19-11-13-6-4-12(2)5-7-13/h4-10,19H,3,11H2,1-2H3. The molecule has 0 spiro atoms. The number of hydrogen-bond acceptors (Lipinski definition) is 3. The highest BCUT2D eigenvalue weighted by atomic mass is 79.9. The molecule has 2 aromatic carbocycles. The molecule has 110 valence electrons. The average Bonchev–Trinajstić information content (AvgIpc) is 2.48. The molecular weight excluding hydrogens is 330 g/mol. The normalized spacial score (nSPS) is 10.2. The van der Waals surface area contributed by atoms with Crippen LogP contribution in [-0.4, -0.2) is 12.6 Å². The first kappa shape index (κ1) is 15.6. The molecule has 1 N–H and O–H groups in total. The van der Waals surface area contributed by atoms with E-state index in [1.165, 1.54) is 11.1 Å². The van der Waals surface area contributed by atoms with E-state index in [9.17, 15) is 4.79 Å². The number of benzene rings is 2. The Morgan fingerprint density at radius 1 is 1.19 bits per heavy atom. The summed E-state index contributed by atoms with van der Waals surface area (Å²) in [7, 11) is 0. The van der Waals surface area contributed by atoms with Crippen molar-refractivity contribution in [3.05, 3.63) is 63.6 Å². The van der Waals surface area contributed by atoms with Crippen LogP contribution in [0.4, 0.5) is 5.69 Å². The largest absolute Gasteiger partial charge is 0.462 e. The number of carbonyl (C=O) groups excluding carboxylic acids is 1. The molecule has 0 saturated heterocycles. The van der Waals surface area contributed by atoms with E-state index in [1.807, 2.05) is 6.07 Å². The Labute approximate surface area is 133 Å². The minimum absolute atomic E-state index is 0.303. The Balaban J connectivity index is 2.04. The van der Waals surface area contributed by atoms with Gasteiger partial charge in [-0.1, -0.05) is 29.8 Å². The summed E-state index contributed by atoms with van der Waals surface area (Å²) in [6.45, 7) is 4.98. The lowest BCUT2D eigenvalue weighted by Gasteiger charge is -2.10. The highest BCUT2D eigenvalue weighted by Gasteiger charge is 2.09. The zero-order valence-electron chi connectivity index (χ0n) is 12.2. The molecule has 4 heteroatoms. The Hall–Kier alpha value is -1.81. The third-order valence-electron chi connectivity index (χ3n) is 3.08. The van der Waals surface area contributed by atoms with Crippen molar-refractivity contribution in [2.24, 2.45) is 0 Å². The summed E-state index contributed by atoms with van der Waals surface area (Å²) in [5.41, 5.74) is 3.95. The van der Waals surface area contributed by atoms with E-state index in [0.29, 0.717) is 12.2 Å². The van der Waals surface area contributed by atoms with Crippen molar-refractivity contribution in [3.63, 3.8) is 0 Å². The summed E-state index contributed by atoms with van der Waals surface area (Å²) in [5, 5.41) is 3.35. The smallest absolute Gasteiger partial charge is 0.338 e. The minimum Gasteiger partial charge on any atom is -0.462 e. The van der Waals surface area contributed by atoms with Crippen molar-refractivity contribution >= 4 is 27.6 Å². The molecule has 0 atom stereocenters. The first-order valence-electron chi connectivity index (χ1n) is 6.86. The van der Waals surface area contributed by atoms with Gasteiger partial charge in [-0.2, -0.15) is 0 Å². The van der Waals surface area contributed by atoms with Gasteiger partial charge in [0, 0.05) is 16.7 Å². The predicted octanol–water partition coefficient (Wildman–Crippen LogP) is 4.55. The molecule has 2 rings (SSSR count). The van der Waals surface area contributed by atoms with Crippen LogP contribution in [0, 0.1) is 6.92 Å². The molecule has 3 nitrogen and oxygen atoms in total. The highest BCUT2D eigenvalue weighted by Crippen LogP contribution is 2.24. The molecule has 0 aliphatic heterocycles. The molecule has 0 amide bonds. The van der Waals surface area contributed by atoms with Crippen molar-refractivity contribution in [2.75, 3.05) is 11.9 Å². The zero-order chi connectivity index (χ0) is 15.2. The van der Waals surface area contributed by atoms with E-state index in [1.54, 1.807) is 19.1 Å². The monoisotopic (exact) mass is 347 g/mol. The van der Waals surface area contributed by atoms with Gasteiger partial charge in [-0.15, -0.1) is 0 Å². The van der Waals surface area contributed by atoms with Crippen LogP contribution in [0.2, 0.25) is 0 Å². The van der Waals surface area contributed by atoms with Crippen molar-refractivity contribution in [2.45, 2.75) is 20.4 Å². The first-order chi connectivity index (χ1) is 10.1. The molecule has 0 heterocycles. The topological polar surface area (TPSA) is 38.3 Å². The number of ether oxygens (including phenoxy) is 1. The van der Waals surface area contributed by atoms with Crippen LogP contribution < -0.4 is 5.32 Å². The van der Waals surface area contributed by atoms with Crippen LogP contribution in [0.5, 0.6) is 0 Å². The second kappa shape index (κ2) is 7.27. The van der Waals surface area contributed by atoms with E-state index in [-0.39, 0.29) is 5.97 Å².